The van der Waals surface area contributed by atoms with Crippen molar-refractivity contribution in [3.05, 3.63) is 139 Å². The van der Waals surface area contributed by atoms with Gasteiger partial charge in [-0.15, -0.1) is 0 Å². The van der Waals surface area contributed by atoms with Crippen LogP contribution in [0.2, 0.25) is 0 Å². The number of nitrogens with zero attached hydrogens (tertiary/aromatic N) is 3. The molecule has 1 unspecified atom stereocenters. The van der Waals surface area contributed by atoms with Crippen LogP contribution < -0.4 is 4.90 Å². The second kappa shape index (κ2) is 12.2. The SMILES string of the molecule is O=C1[C@@H]2[C@H]3C(=O)N([C@@H](CO)Cc4ccccc4)C4C(=O)N(c5ccc6ccccc6c5)CC=C[C@@]43O[C@@H]2C=CCN1Cc1ccccc1. The Labute approximate surface area is 279 Å². The maximum Gasteiger partial charge on any atom is 0.253 e. The summed E-state index contributed by atoms with van der Waals surface area (Å²) >= 11 is 0. The quantitative estimate of drug-likeness (QED) is 0.301. The molecule has 8 rings (SSSR count). The molecule has 2 saturated heterocycles. The van der Waals surface area contributed by atoms with Gasteiger partial charge in [0.2, 0.25) is 11.8 Å². The number of fused-ring (bicyclic) bond motifs is 3. The predicted molar refractivity (Wildman–Crippen MR) is 183 cm³/mol. The van der Waals surface area contributed by atoms with Crippen LogP contribution >= 0.6 is 0 Å². The second-order valence-electron chi connectivity index (χ2n) is 13.1. The lowest BCUT2D eigenvalue weighted by atomic mass is 9.77. The number of likely N-dealkylation sites (tertiary alicyclic amines) is 1. The molecule has 2 fully saturated rings. The Morgan fingerprint density at radius 1 is 0.771 bits per heavy atom. The monoisotopic (exact) mass is 639 g/mol. The first-order valence-corrected chi connectivity index (χ1v) is 16.6. The third-order valence-corrected chi connectivity index (χ3v) is 10.4. The van der Waals surface area contributed by atoms with Crippen LogP contribution in [-0.2, 0) is 32.1 Å². The Hall–Kier alpha value is -5.05. The van der Waals surface area contributed by atoms with Crippen molar-refractivity contribution in [3.8, 4) is 0 Å². The van der Waals surface area contributed by atoms with Crippen molar-refractivity contribution in [2.24, 2.45) is 11.8 Å². The van der Waals surface area contributed by atoms with Gasteiger partial charge < -0.3 is 24.5 Å². The van der Waals surface area contributed by atoms with Crippen LogP contribution in [0.1, 0.15) is 11.1 Å². The van der Waals surface area contributed by atoms with E-state index in [4.69, 9.17) is 4.74 Å². The fourth-order valence-corrected chi connectivity index (χ4v) is 8.18. The molecule has 0 radical (unpaired) electrons. The number of ether oxygens (including phenoxy) is 1. The largest absolute Gasteiger partial charge is 0.394 e. The Bertz CT molecular complexity index is 1930. The van der Waals surface area contributed by atoms with E-state index in [9.17, 15) is 14.7 Å². The van der Waals surface area contributed by atoms with Gasteiger partial charge in [0.05, 0.1) is 30.6 Å². The minimum atomic E-state index is -1.39. The number of aliphatic hydroxyl groups is 1. The zero-order chi connectivity index (χ0) is 32.8. The summed E-state index contributed by atoms with van der Waals surface area (Å²) in [5, 5.41) is 12.9. The van der Waals surface area contributed by atoms with Crippen LogP contribution in [0.3, 0.4) is 0 Å². The number of amides is 3. The van der Waals surface area contributed by atoms with Crippen LogP contribution in [0.5, 0.6) is 0 Å². The summed E-state index contributed by atoms with van der Waals surface area (Å²) in [6.45, 7) is 0.708. The molecule has 4 aromatic rings. The molecule has 1 spiro atoms. The van der Waals surface area contributed by atoms with Gasteiger partial charge in [0.1, 0.15) is 11.6 Å². The van der Waals surface area contributed by atoms with E-state index in [-0.39, 0.29) is 30.9 Å². The number of carbonyl (C=O) groups excluding carboxylic acids is 3. The molecule has 6 atom stereocenters. The average Bonchev–Trinajstić information content (AvgIpc) is 3.44. The lowest BCUT2D eigenvalue weighted by Gasteiger charge is -2.38. The molecular formula is C40H37N3O5. The highest BCUT2D eigenvalue weighted by atomic mass is 16.5. The highest BCUT2D eigenvalue weighted by molar-refractivity contribution is 6.06. The van der Waals surface area contributed by atoms with Crippen molar-refractivity contribution in [1.29, 1.82) is 0 Å². The van der Waals surface area contributed by atoms with Gasteiger partial charge in [0.15, 0.2) is 0 Å². The van der Waals surface area contributed by atoms with Crippen molar-refractivity contribution >= 4 is 34.2 Å². The third-order valence-electron chi connectivity index (χ3n) is 10.4. The molecule has 8 nitrogen and oxygen atoms in total. The van der Waals surface area contributed by atoms with Crippen molar-refractivity contribution in [2.75, 3.05) is 24.6 Å². The highest BCUT2D eigenvalue weighted by Crippen LogP contribution is 2.54. The van der Waals surface area contributed by atoms with Gasteiger partial charge >= 0.3 is 0 Å². The van der Waals surface area contributed by atoms with E-state index >= 15 is 4.79 Å². The molecule has 4 aromatic carbocycles. The van der Waals surface area contributed by atoms with Crippen molar-refractivity contribution in [2.45, 2.75) is 36.8 Å². The molecule has 0 aliphatic carbocycles. The number of benzene rings is 4. The third kappa shape index (κ3) is 4.95. The lowest BCUT2D eigenvalue weighted by Crippen LogP contribution is -2.58. The standard InChI is InChI=1S/C40H37N3O5/c44-26-32(23-27-11-3-1-4-12-27)43-36-39(47)42(31-19-18-29-15-7-8-16-30(29)24-31)22-10-20-40(36)35(38(43)46)34-33(48-40)17-9-21-41(37(34)45)25-28-13-5-2-6-14-28/h1-20,24,32-36,44H,21-23,25-26H2/t32-,33-,34+,35+,36?,40+/m1/s1. The average molecular weight is 640 g/mol. The fourth-order valence-electron chi connectivity index (χ4n) is 8.18. The van der Waals surface area contributed by atoms with Crippen LogP contribution in [0.4, 0.5) is 5.69 Å². The van der Waals surface area contributed by atoms with Crippen LogP contribution in [0.25, 0.3) is 10.8 Å². The number of anilines is 1. The first-order chi connectivity index (χ1) is 23.5. The summed E-state index contributed by atoms with van der Waals surface area (Å²) in [6, 6.07) is 31.5. The Balaban J connectivity index is 1.22. The van der Waals surface area contributed by atoms with Gasteiger partial charge in [-0.05, 0) is 40.5 Å². The molecule has 0 aromatic heterocycles. The second-order valence-corrected chi connectivity index (χ2v) is 13.1. The van der Waals surface area contributed by atoms with Crippen LogP contribution in [-0.4, -0.2) is 76.1 Å². The molecular weight excluding hydrogens is 602 g/mol. The molecule has 4 aliphatic heterocycles. The minimum absolute atomic E-state index is 0.176. The van der Waals surface area contributed by atoms with E-state index in [1.165, 1.54) is 0 Å². The molecule has 0 bridgehead atoms. The Morgan fingerprint density at radius 3 is 2.23 bits per heavy atom. The summed E-state index contributed by atoms with van der Waals surface area (Å²) < 4.78 is 6.87. The molecule has 4 aliphatic rings. The molecule has 242 valence electrons. The van der Waals surface area contributed by atoms with Gasteiger partial charge in [0.25, 0.3) is 5.91 Å². The van der Waals surface area contributed by atoms with Gasteiger partial charge in [-0.3, -0.25) is 14.4 Å². The maximum atomic E-state index is 15.0. The summed E-state index contributed by atoms with van der Waals surface area (Å²) in [5.74, 6) is -2.59. The zero-order valence-corrected chi connectivity index (χ0v) is 26.5. The Kier molecular flexibility index (Phi) is 7.70. The van der Waals surface area contributed by atoms with E-state index in [1.54, 1.807) is 14.7 Å². The van der Waals surface area contributed by atoms with E-state index in [0.29, 0.717) is 25.2 Å². The predicted octanol–water partition coefficient (Wildman–Crippen LogP) is 4.53. The maximum absolute atomic E-state index is 15.0. The topological polar surface area (TPSA) is 90.4 Å². The highest BCUT2D eigenvalue weighted by Gasteiger charge is 2.72. The summed E-state index contributed by atoms with van der Waals surface area (Å²) in [4.78, 5) is 49.4. The van der Waals surface area contributed by atoms with Crippen LogP contribution in [0.15, 0.2) is 127 Å². The molecule has 4 heterocycles. The number of aliphatic hydroxyl groups excluding tert-OH is 1. The molecule has 3 amide bonds. The van der Waals surface area contributed by atoms with Gasteiger partial charge in [-0.25, -0.2) is 0 Å². The van der Waals surface area contributed by atoms with Gasteiger partial charge in [-0.2, -0.15) is 0 Å². The Morgan fingerprint density at radius 2 is 1.48 bits per heavy atom. The number of hydrogen-bond donors (Lipinski definition) is 1. The van der Waals surface area contributed by atoms with Crippen molar-refractivity contribution in [1.82, 2.24) is 9.80 Å². The molecule has 1 N–H and O–H groups in total. The van der Waals surface area contributed by atoms with Gasteiger partial charge in [-0.1, -0.05) is 115 Å². The summed E-state index contributed by atoms with van der Waals surface area (Å²) in [7, 11) is 0. The first kappa shape index (κ1) is 30.3. The van der Waals surface area contributed by atoms with E-state index < -0.39 is 35.6 Å². The molecule has 8 heteroatoms. The van der Waals surface area contributed by atoms with E-state index in [0.717, 1.165) is 21.9 Å². The number of hydrogen-bond acceptors (Lipinski definition) is 5. The van der Waals surface area contributed by atoms with Crippen molar-refractivity contribution in [3.63, 3.8) is 0 Å². The number of rotatable bonds is 7. The number of carbonyl (C=O) groups is 3. The van der Waals surface area contributed by atoms with Gasteiger partial charge in [0, 0.05) is 25.3 Å². The van der Waals surface area contributed by atoms with E-state index in [1.807, 2.05) is 127 Å². The molecule has 48 heavy (non-hydrogen) atoms. The summed E-state index contributed by atoms with van der Waals surface area (Å²) in [5.41, 5.74) is 1.23. The summed E-state index contributed by atoms with van der Waals surface area (Å²) in [6.07, 6.45) is 7.22. The van der Waals surface area contributed by atoms with E-state index in [2.05, 4.69) is 0 Å². The minimum Gasteiger partial charge on any atom is -0.394 e. The van der Waals surface area contributed by atoms with Crippen molar-refractivity contribution < 1.29 is 24.2 Å². The zero-order valence-electron chi connectivity index (χ0n) is 26.5. The smallest absolute Gasteiger partial charge is 0.253 e. The molecule has 0 saturated carbocycles. The lowest BCUT2D eigenvalue weighted by molar-refractivity contribution is -0.147. The fraction of sp³-hybridized carbons (Fsp3) is 0.275. The normalized spacial score (nSPS) is 27.1. The van der Waals surface area contributed by atoms with Crippen LogP contribution in [0, 0.1) is 11.8 Å². The first-order valence-electron chi connectivity index (χ1n) is 16.6.